The third kappa shape index (κ3) is 20.8. The molecule has 1 saturated heterocycles. The van der Waals surface area contributed by atoms with Crippen LogP contribution in [0.1, 0.15) is 140 Å². The summed E-state index contributed by atoms with van der Waals surface area (Å²) >= 11 is 0. The fourth-order valence-corrected chi connectivity index (χ4v) is 6.77. The zero-order valence-electron chi connectivity index (χ0n) is 38.0. The minimum absolute atomic E-state index is 0.0147. The number of ether oxygens (including phenoxy) is 1. The van der Waals surface area contributed by atoms with Gasteiger partial charge in [0.05, 0.1) is 6.54 Å². The lowest BCUT2D eigenvalue weighted by molar-refractivity contribution is -0.143. The van der Waals surface area contributed by atoms with Crippen molar-refractivity contribution < 1.29 is 43.1 Å². The molecule has 344 valence electrons. The van der Waals surface area contributed by atoms with Crippen LogP contribution >= 0.6 is 0 Å². The first kappa shape index (κ1) is 53.7. The van der Waals surface area contributed by atoms with Gasteiger partial charge >= 0.3 is 6.09 Å². The third-order valence-corrected chi connectivity index (χ3v) is 9.76. The van der Waals surface area contributed by atoms with Crippen LogP contribution in [0.2, 0.25) is 0 Å². The van der Waals surface area contributed by atoms with Crippen LogP contribution in [-0.2, 0) is 38.3 Å². The van der Waals surface area contributed by atoms with Crippen molar-refractivity contribution in [1.29, 1.82) is 0 Å². The van der Waals surface area contributed by atoms with E-state index in [4.69, 9.17) is 10.5 Å². The van der Waals surface area contributed by atoms with E-state index in [1.807, 2.05) is 41.5 Å². The lowest BCUT2D eigenvalue weighted by Crippen LogP contribution is -2.62. The number of rotatable bonds is 26. The van der Waals surface area contributed by atoms with Crippen LogP contribution < -0.4 is 43.2 Å². The summed E-state index contributed by atoms with van der Waals surface area (Å²) in [5, 5.41) is 14.0. The van der Waals surface area contributed by atoms with Crippen molar-refractivity contribution in [3.05, 3.63) is 0 Å². The molecule has 0 saturated carbocycles. The van der Waals surface area contributed by atoms with Gasteiger partial charge in [0, 0.05) is 19.5 Å². The molecule has 18 heteroatoms. The van der Waals surface area contributed by atoms with Crippen LogP contribution in [0, 0.1) is 17.8 Å². The molecule has 1 heterocycles. The number of nitrogens with one attached hydrogen (secondary N) is 7. The van der Waals surface area contributed by atoms with Crippen molar-refractivity contribution in [2.75, 3.05) is 32.7 Å². The molecule has 0 aromatic heterocycles. The van der Waals surface area contributed by atoms with Gasteiger partial charge < -0.3 is 36.6 Å². The molecule has 1 rings (SSSR count). The van der Waals surface area contributed by atoms with E-state index in [-0.39, 0.29) is 74.6 Å². The Balaban J connectivity index is 3.27. The number of hydrogen-bond donors (Lipinski definition) is 8. The summed E-state index contributed by atoms with van der Waals surface area (Å²) in [7, 11) is 0. The maximum atomic E-state index is 14.4. The van der Waals surface area contributed by atoms with E-state index in [0.717, 1.165) is 12.8 Å². The van der Waals surface area contributed by atoms with E-state index >= 15 is 0 Å². The van der Waals surface area contributed by atoms with Gasteiger partial charge in [-0.2, -0.15) is 0 Å². The number of amides is 7. The predicted molar refractivity (Wildman–Crippen MR) is 229 cm³/mol. The molecule has 9 N–H and O–H groups in total. The lowest BCUT2D eigenvalue weighted by atomic mass is 9.90. The van der Waals surface area contributed by atoms with E-state index in [9.17, 15) is 38.4 Å². The average Bonchev–Trinajstić information content (AvgIpc) is 3.64. The Morgan fingerprint density at radius 3 is 1.87 bits per heavy atom. The summed E-state index contributed by atoms with van der Waals surface area (Å²) < 4.78 is 5.30. The number of hydrazine groups is 1. The highest BCUT2D eigenvalue weighted by molar-refractivity contribution is 6.11. The lowest BCUT2D eigenvalue weighted by Gasteiger charge is -2.32. The van der Waals surface area contributed by atoms with Crippen LogP contribution in [0.4, 0.5) is 4.79 Å². The molecule has 60 heavy (non-hydrogen) atoms. The van der Waals surface area contributed by atoms with Crippen molar-refractivity contribution >= 4 is 47.3 Å². The van der Waals surface area contributed by atoms with Crippen LogP contribution in [0.5, 0.6) is 0 Å². The zero-order valence-corrected chi connectivity index (χ0v) is 38.0. The van der Waals surface area contributed by atoms with Gasteiger partial charge in [-0.3, -0.25) is 49.7 Å². The van der Waals surface area contributed by atoms with Crippen LogP contribution in [0.15, 0.2) is 0 Å². The number of ketones is 1. The minimum atomic E-state index is -1.46. The highest BCUT2D eigenvalue weighted by atomic mass is 16.6. The number of unbranched alkanes of at least 4 members (excludes halogenated alkanes) is 3. The molecule has 18 nitrogen and oxygen atoms in total. The first-order valence-electron chi connectivity index (χ1n) is 21.7. The monoisotopic (exact) mass is 852 g/mol. The predicted octanol–water partition coefficient (Wildman–Crippen LogP) is 2.09. The van der Waals surface area contributed by atoms with E-state index in [2.05, 4.69) is 37.4 Å². The van der Waals surface area contributed by atoms with Crippen molar-refractivity contribution in [1.82, 2.24) is 42.3 Å². The Morgan fingerprint density at radius 2 is 1.33 bits per heavy atom. The van der Waals surface area contributed by atoms with Crippen LogP contribution in [0.3, 0.4) is 0 Å². The second-order valence-electron chi connectivity index (χ2n) is 18.1. The fourth-order valence-electron chi connectivity index (χ4n) is 6.77. The first-order chi connectivity index (χ1) is 28.0. The molecule has 0 bridgehead atoms. The Hall–Kier alpha value is -4.32. The standard InChI is InChI=1S/C42H77N9O9/c1-27(2)23-31(36(55)47-32(24-28(3)4)37(56)50-49-34(53)17-12-11-13-19-43)46-35(54)26-51(22-15-14-20-44-40(59)60-41(8,9)10)38(57)33(25-29(5)6)48-39(58)42(30(7)52)18-16-21-45-42/h27-29,31-33,45H,11-26,43H2,1-10H3,(H,44,59)(H,46,54)(H,47,55)(H,48,58)(H,49,53)(H,50,56)/t31-,32-,33-,42-/m0/s1. The molecule has 1 aliphatic rings. The molecule has 0 unspecified atom stereocenters. The summed E-state index contributed by atoms with van der Waals surface area (Å²) in [5.41, 5.74) is 8.19. The quantitative estimate of drug-likeness (QED) is 0.0355. The summed E-state index contributed by atoms with van der Waals surface area (Å²) in [6.45, 7) is 18.7. The van der Waals surface area contributed by atoms with Crippen molar-refractivity contribution in [2.45, 2.75) is 169 Å². The van der Waals surface area contributed by atoms with Gasteiger partial charge in [0.1, 0.15) is 23.7 Å². The SMILES string of the molecule is CC(=O)[C@]1(C(=O)N[C@@H](CC(C)C)C(=O)N(CCCCNC(=O)OC(C)(C)C)CC(=O)N[C@@H](CC(C)C)C(=O)N[C@@H](CC(C)C)C(=O)NNC(=O)CCCCCN)CCCN1. The Kier molecular flexibility index (Phi) is 24.0. The van der Waals surface area contributed by atoms with Crippen molar-refractivity contribution in [3.63, 3.8) is 0 Å². The number of Topliss-reactive ketones (excluding diaryl/α,β-unsaturated/α-hetero) is 1. The van der Waals surface area contributed by atoms with Gasteiger partial charge in [0.15, 0.2) is 11.3 Å². The smallest absolute Gasteiger partial charge is 0.407 e. The van der Waals surface area contributed by atoms with E-state index < -0.39 is 71.4 Å². The molecule has 0 aliphatic carbocycles. The van der Waals surface area contributed by atoms with E-state index in [1.54, 1.807) is 20.8 Å². The molecular formula is C42H77N9O9. The van der Waals surface area contributed by atoms with Gasteiger partial charge in [0.2, 0.25) is 29.5 Å². The van der Waals surface area contributed by atoms with Crippen molar-refractivity contribution in [3.8, 4) is 0 Å². The molecule has 0 aromatic carbocycles. The van der Waals surface area contributed by atoms with Gasteiger partial charge in [-0.25, -0.2) is 4.79 Å². The summed E-state index contributed by atoms with van der Waals surface area (Å²) in [4.78, 5) is 107. The normalized spacial score (nSPS) is 16.7. The molecule has 4 atom stereocenters. The number of carbonyl (C=O) groups excluding carboxylic acids is 8. The van der Waals surface area contributed by atoms with Gasteiger partial charge in [-0.15, -0.1) is 0 Å². The first-order valence-corrected chi connectivity index (χ1v) is 21.7. The highest BCUT2D eigenvalue weighted by Crippen LogP contribution is 2.22. The number of hydrogen-bond acceptors (Lipinski definition) is 11. The topological polar surface area (TPSA) is 259 Å². The maximum absolute atomic E-state index is 14.4. The Labute approximate surface area is 357 Å². The second-order valence-corrected chi connectivity index (χ2v) is 18.1. The molecule has 1 fully saturated rings. The molecular weight excluding hydrogens is 775 g/mol. The fraction of sp³-hybridized carbons (Fsp3) is 0.810. The molecule has 1 aliphatic heterocycles. The Morgan fingerprint density at radius 1 is 0.733 bits per heavy atom. The second kappa shape index (κ2) is 26.8. The van der Waals surface area contributed by atoms with Gasteiger partial charge in [-0.05, 0) is 116 Å². The number of alkyl carbamates (subject to hydrolysis) is 1. The van der Waals surface area contributed by atoms with Gasteiger partial charge in [-0.1, -0.05) is 48.0 Å². The number of nitrogens with zero attached hydrogens (tertiary/aromatic N) is 1. The van der Waals surface area contributed by atoms with Crippen LogP contribution in [-0.4, -0.2) is 114 Å². The van der Waals surface area contributed by atoms with E-state index in [1.165, 1.54) is 11.8 Å². The highest BCUT2D eigenvalue weighted by Gasteiger charge is 2.47. The van der Waals surface area contributed by atoms with Gasteiger partial charge in [0.25, 0.3) is 5.91 Å². The molecule has 0 aromatic rings. The van der Waals surface area contributed by atoms with Crippen molar-refractivity contribution in [2.24, 2.45) is 23.5 Å². The molecule has 7 amide bonds. The maximum Gasteiger partial charge on any atom is 0.407 e. The Bertz CT molecular complexity index is 1430. The zero-order chi connectivity index (χ0) is 45.6. The third-order valence-electron chi connectivity index (χ3n) is 9.76. The number of nitrogens with two attached hydrogens (primary N) is 1. The molecule has 0 spiro atoms. The average molecular weight is 852 g/mol. The summed E-state index contributed by atoms with van der Waals surface area (Å²) in [5.74, 6) is -3.87. The summed E-state index contributed by atoms with van der Waals surface area (Å²) in [6.07, 6.45) is 4.17. The number of carbonyl (C=O) groups is 8. The van der Waals surface area contributed by atoms with Crippen LogP contribution in [0.25, 0.3) is 0 Å². The largest absolute Gasteiger partial charge is 0.444 e. The summed E-state index contributed by atoms with van der Waals surface area (Å²) in [6, 6.07) is -3.18. The van der Waals surface area contributed by atoms with E-state index in [0.29, 0.717) is 38.8 Å². The molecule has 0 radical (unpaired) electrons. The minimum Gasteiger partial charge on any atom is -0.444 e.